The van der Waals surface area contributed by atoms with Gasteiger partial charge in [0.25, 0.3) is 0 Å². The van der Waals surface area contributed by atoms with Gasteiger partial charge < -0.3 is 10.1 Å². The number of aromatic nitrogens is 1. The van der Waals surface area contributed by atoms with Crippen LogP contribution in [0.3, 0.4) is 0 Å². The monoisotopic (exact) mass is 262 g/mol. The van der Waals surface area contributed by atoms with E-state index in [1.165, 1.54) is 10.4 Å². The Hall–Kier alpha value is -1.39. The molecule has 0 unspecified atom stereocenters. The SMILES string of the molecule is CCOc1ccc(CNCc2cnc(C)s2)cc1. The molecule has 2 aromatic rings. The quantitative estimate of drug-likeness (QED) is 0.868. The molecule has 0 aliphatic heterocycles. The van der Waals surface area contributed by atoms with Gasteiger partial charge in [-0.05, 0) is 31.5 Å². The Morgan fingerprint density at radius 2 is 2.00 bits per heavy atom. The Morgan fingerprint density at radius 1 is 1.22 bits per heavy atom. The molecule has 0 saturated heterocycles. The molecule has 0 spiro atoms. The van der Waals surface area contributed by atoms with Crippen molar-refractivity contribution in [1.82, 2.24) is 10.3 Å². The summed E-state index contributed by atoms with van der Waals surface area (Å²) in [4.78, 5) is 5.51. The molecule has 1 heterocycles. The molecule has 4 heteroatoms. The lowest BCUT2D eigenvalue weighted by molar-refractivity contribution is 0.340. The van der Waals surface area contributed by atoms with Crippen molar-refractivity contribution in [3.63, 3.8) is 0 Å². The van der Waals surface area contributed by atoms with E-state index in [-0.39, 0.29) is 0 Å². The number of nitrogens with zero attached hydrogens (tertiary/aromatic N) is 1. The second-order valence-electron chi connectivity index (χ2n) is 4.03. The van der Waals surface area contributed by atoms with E-state index in [1.54, 1.807) is 11.3 Å². The third kappa shape index (κ3) is 3.82. The Balaban J connectivity index is 1.79. The van der Waals surface area contributed by atoms with Crippen LogP contribution in [0.1, 0.15) is 22.4 Å². The van der Waals surface area contributed by atoms with Crippen molar-refractivity contribution in [3.8, 4) is 5.75 Å². The number of nitrogens with one attached hydrogen (secondary N) is 1. The first-order valence-corrected chi connectivity index (χ1v) is 6.93. The van der Waals surface area contributed by atoms with Crippen molar-refractivity contribution in [1.29, 1.82) is 0 Å². The Labute approximate surface area is 112 Å². The third-order valence-corrected chi connectivity index (χ3v) is 3.44. The van der Waals surface area contributed by atoms with Crippen molar-refractivity contribution < 1.29 is 4.74 Å². The zero-order chi connectivity index (χ0) is 12.8. The van der Waals surface area contributed by atoms with E-state index in [1.807, 2.05) is 32.2 Å². The van der Waals surface area contributed by atoms with E-state index in [0.717, 1.165) is 23.8 Å². The van der Waals surface area contributed by atoms with Crippen LogP contribution in [0.4, 0.5) is 0 Å². The fourth-order valence-corrected chi connectivity index (χ4v) is 2.45. The molecular formula is C14H18N2OS. The maximum atomic E-state index is 5.41. The van der Waals surface area contributed by atoms with Crippen LogP contribution in [-0.2, 0) is 13.1 Å². The van der Waals surface area contributed by atoms with Crippen LogP contribution in [0.2, 0.25) is 0 Å². The van der Waals surface area contributed by atoms with Crippen molar-refractivity contribution in [2.75, 3.05) is 6.61 Å². The Morgan fingerprint density at radius 3 is 2.61 bits per heavy atom. The lowest BCUT2D eigenvalue weighted by atomic mass is 10.2. The molecule has 1 aromatic heterocycles. The topological polar surface area (TPSA) is 34.1 Å². The zero-order valence-corrected chi connectivity index (χ0v) is 11.6. The third-order valence-electron chi connectivity index (χ3n) is 2.53. The fraction of sp³-hybridized carbons (Fsp3) is 0.357. The lowest BCUT2D eigenvalue weighted by Gasteiger charge is -2.05. The van der Waals surface area contributed by atoms with E-state index in [4.69, 9.17) is 4.74 Å². The Kier molecular flexibility index (Phi) is 4.73. The second-order valence-corrected chi connectivity index (χ2v) is 5.35. The minimum absolute atomic E-state index is 0.711. The molecule has 0 aliphatic rings. The molecule has 1 aromatic carbocycles. The summed E-state index contributed by atoms with van der Waals surface area (Å²) >= 11 is 1.74. The van der Waals surface area contributed by atoms with Gasteiger partial charge in [-0.1, -0.05) is 12.1 Å². The molecule has 18 heavy (non-hydrogen) atoms. The first kappa shape index (κ1) is 13.1. The lowest BCUT2D eigenvalue weighted by Crippen LogP contribution is -2.11. The second kappa shape index (κ2) is 6.52. The van der Waals surface area contributed by atoms with Gasteiger partial charge in [0.2, 0.25) is 0 Å². The van der Waals surface area contributed by atoms with Crippen LogP contribution in [-0.4, -0.2) is 11.6 Å². The molecule has 0 aliphatic carbocycles. The number of rotatable bonds is 6. The minimum atomic E-state index is 0.711. The van der Waals surface area contributed by atoms with Gasteiger partial charge in [0.1, 0.15) is 5.75 Å². The number of ether oxygens (including phenoxy) is 1. The van der Waals surface area contributed by atoms with E-state index >= 15 is 0 Å². The summed E-state index contributed by atoms with van der Waals surface area (Å²) in [5, 5.41) is 4.53. The highest BCUT2D eigenvalue weighted by atomic mass is 32.1. The van der Waals surface area contributed by atoms with Crippen molar-refractivity contribution in [2.45, 2.75) is 26.9 Å². The van der Waals surface area contributed by atoms with Crippen LogP contribution in [0.15, 0.2) is 30.5 Å². The molecule has 0 radical (unpaired) electrons. The molecule has 2 rings (SSSR count). The molecule has 1 N–H and O–H groups in total. The summed E-state index contributed by atoms with van der Waals surface area (Å²) in [6.45, 7) is 6.47. The number of thiazole rings is 1. The van der Waals surface area contributed by atoms with Gasteiger partial charge in [-0.25, -0.2) is 4.98 Å². The highest BCUT2D eigenvalue weighted by molar-refractivity contribution is 7.11. The van der Waals surface area contributed by atoms with Gasteiger partial charge in [0.15, 0.2) is 0 Å². The minimum Gasteiger partial charge on any atom is -0.494 e. The molecular weight excluding hydrogens is 244 g/mol. The number of hydrogen-bond acceptors (Lipinski definition) is 4. The van der Waals surface area contributed by atoms with E-state index in [9.17, 15) is 0 Å². The van der Waals surface area contributed by atoms with Crippen molar-refractivity contribution >= 4 is 11.3 Å². The maximum Gasteiger partial charge on any atom is 0.119 e. The van der Waals surface area contributed by atoms with Crippen LogP contribution in [0.5, 0.6) is 5.75 Å². The first-order chi connectivity index (χ1) is 8.78. The Bertz CT molecular complexity index is 479. The molecule has 0 fully saturated rings. The average Bonchev–Trinajstić information content (AvgIpc) is 2.78. The smallest absolute Gasteiger partial charge is 0.119 e. The van der Waals surface area contributed by atoms with Gasteiger partial charge in [-0.3, -0.25) is 0 Å². The van der Waals surface area contributed by atoms with Gasteiger partial charge in [-0.2, -0.15) is 0 Å². The highest BCUT2D eigenvalue weighted by Crippen LogP contribution is 2.13. The van der Waals surface area contributed by atoms with Crippen LogP contribution in [0.25, 0.3) is 0 Å². The molecule has 96 valence electrons. The van der Waals surface area contributed by atoms with Gasteiger partial charge in [0, 0.05) is 24.2 Å². The number of aryl methyl sites for hydroxylation is 1. The average molecular weight is 262 g/mol. The number of hydrogen-bond donors (Lipinski definition) is 1. The molecule has 3 nitrogen and oxygen atoms in total. The molecule has 0 amide bonds. The van der Waals surface area contributed by atoms with E-state index in [0.29, 0.717) is 6.61 Å². The standard InChI is InChI=1S/C14H18N2OS/c1-3-17-13-6-4-12(5-7-13)8-15-9-14-10-16-11(2)18-14/h4-7,10,15H,3,8-9H2,1-2H3. The van der Waals surface area contributed by atoms with Crippen LogP contribution < -0.4 is 10.1 Å². The van der Waals surface area contributed by atoms with Crippen LogP contribution >= 0.6 is 11.3 Å². The summed E-state index contributed by atoms with van der Waals surface area (Å²) in [5.41, 5.74) is 1.26. The summed E-state index contributed by atoms with van der Waals surface area (Å²) in [7, 11) is 0. The fourth-order valence-electron chi connectivity index (χ4n) is 1.69. The van der Waals surface area contributed by atoms with Gasteiger partial charge in [0.05, 0.1) is 11.6 Å². The predicted molar refractivity (Wildman–Crippen MR) is 75.0 cm³/mol. The van der Waals surface area contributed by atoms with E-state index < -0.39 is 0 Å². The van der Waals surface area contributed by atoms with Gasteiger partial charge in [-0.15, -0.1) is 11.3 Å². The molecule has 0 saturated carbocycles. The van der Waals surface area contributed by atoms with Gasteiger partial charge >= 0.3 is 0 Å². The number of benzene rings is 1. The largest absolute Gasteiger partial charge is 0.494 e. The first-order valence-electron chi connectivity index (χ1n) is 6.11. The summed E-state index contributed by atoms with van der Waals surface area (Å²) in [5.74, 6) is 0.930. The maximum absolute atomic E-state index is 5.41. The van der Waals surface area contributed by atoms with Crippen molar-refractivity contribution in [3.05, 3.63) is 45.9 Å². The zero-order valence-electron chi connectivity index (χ0n) is 10.8. The summed E-state index contributed by atoms with van der Waals surface area (Å²) in [6, 6.07) is 8.21. The predicted octanol–water partition coefficient (Wildman–Crippen LogP) is 3.14. The van der Waals surface area contributed by atoms with E-state index in [2.05, 4.69) is 22.4 Å². The summed E-state index contributed by atoms with van der Waals surface area (Å²) < 4.78 is 5.41. The molecule has 0 bridgehead atoms. The van der Waals surface area contributed by atoms with Crippen molar-refractivity contribution in [2.24, 2.45) is 0 Å². The summed E-state index contributed by atoms with van der Waals surface area (Å²) in [6.07, 6.45) is 1.94. The van der Waals surface area contributed by atoms with Crippen LogP contribution in [0, 0.1) is 6.92 Å². The normalized spacial score (nSPS) is 10.6. The highest BCUT2D eigenvalue weighted by Gasteiger charge is 1.98. The molecule has 0 atom stereocenters.